The molecule has 2 N–H and O–H groups in total. The number of carbonyl (C=O) groups is 1. The number of rotatable bonds is 5. The Labute approximate surface area is 89.3 Å². The first-order chi connectivity index (χ1) is 7.15. The monoisotopic (exact) mass is 208 g/mol. The van der Waals surface area contributed by atoms with Gasteiger partial charge in [-0.1, -0.05) is 6.92 Å². The van der Waals surface area contributed by atoms with Crippen molar-refractivity contribution < 1.29 is 9.90 Å². The van der Waals surface area contributed by atoms with Crippen LogP contribution in [0.15, 0.2) is 18.5 Å². The van der Waals surface area contributed by atoms with E-state index in [4.69, 9.17) is 5.11 Å². The summed E-state index contributed by atoms with van der Waals surface area (Å²) in [4.78, 5) is 14.8. The van der Waals surface area contributed by atoms with Gasteiger partial charge in [0.25, 0.3) is 0 Å². The molecule has 0 bridgehead atoms. The van der Waals surface area contributed by atoms with E-state index in [-0.39, 0.29) is 0 Å². The molecule has 0 aromatic carbocycles. The van der Waals surface area contributed by atoms with Crippen molar-refractivity contribution in [2.45, 2.75) is 32.9 Å². The summed E-state index contributed by atoms with van der Waals surface area (Å²) in [6, 6.07) is 1.43. The molecule has 0 radical (unpaired) electrons. The van der Waals surface area contributed by atoms with Gasteiger partial charge in [-0.2, -0.15) is 0 Å². The van der Waals surface area contributed by atoms with Crippen molar-refractivity contribution in [2.75, 3.05) is 0 Å². The standard InChI is InChI=1S/C11H16N2O2/c1-3-10(11(14)15)13-7-9-6-12-5-4-8(9)2/h4-6,10,13H,3,7H2,1-2H3,(H,14,15). The van der Waals surface area contributed by atoms with Crippen molar-refractivity contribution in [3.05, 3.63) is 29.6 Å². The quantitative estimate of drug-likeness (QED) is 0.766. The Balaban J connectivity index is 2.56. The molecule has 1 aromatic heterocycles. The Morgan fingerprint density at radius 3 is 2.93 bits per heavy atom. The third kappa shape index (κ3) is 3.32. The highest BCUT2D eigenvalue weighted by molar-refractivity contribution is 5.73. The number of carboxylic acid groups (broad SMARTS) is 1. The molecule has 1 atom stereocenters. The van der Waals surface area contributed by atoms with Crippen LogP contribution in [0.5, 0.6) is 0 Å². The number of aryl methyl sites for hydroxylation is 1. The molecular formula is C11H16N2O2. The highest BCUT2D eigenvalue weighted by atomic mass is 16.4. The van der Waals surface area contributed by atoms with Gasteiger partial charge in [-0.15, -0.1) is 0 Å². The molecule has 1 aromatic rings. The number of pyridine rings is 1. The number of hydrogen-bond donors (Lipinski definition) is 2. The molecule has 0 aliphatic carbocycles. The van der Waals surface area contributed by atoms with Gasteiger partial charge in [0, 0.05) is 18.9 Å². The predicted octanol–water partition coefficient (Wildman–Crippen LogP) is 1.34. The van der Waals surface area contributed by atoms with E-state index >= 15 is 0 Å². The summed E-state index contributed by atoms with van der Waals surface area (Å²) in [5.41, 5.74) is 2.16. The van der Waals surface area contributed by atoms with Crippen LogP contribution in [0.1, 0.15) is 24.5 Å². The van der Waals surface area contributed by atoms with E-state index in [1.165, 1.54) is 0 Å². The maximum atomic E-state index is 10.8. The van der Waals surface area contributed by atoms with Gasteiger partial charge in [0.2, 0.25) is 0 Å². The molecule has 1 unspecified atom stereocenters. The summed E-state index contributed by atoms with van der Waals surface area (Å²) < 4.78 is 0. The van der Waals surface area contributed by atoms with Crippen LogP contribution in [0, 0.1) is 6.92 Å². The van der Waals surface area contributed by atoms with Gasteiger partial charge in [0.05, 0.1) is 0 Å². The smallest absolute Gasteiger partial charge is 0.320 e. The van der Waals surface area contributed by atoms with E-state index in [1.807, 2.05) is 19.9 Å². The third-order valence-electron chi connectivity index (χ3n) is 2.39. The Bertz CT molecular complexity index is 339. The average molecular weight is 208 g/mol. The van der Waals surface area contributed by atoms with Crippen LogP contribution in [0.2, 0.25) is 0 Å². The van der Waals surface area contributed by atoms with E-state index in [0.29, 0.717) is 13.0 Å². The van der Waals surface area contributed by atoms with Crippen LogP contribution >= 0.6 is 0 Å². The molecule has 4 nitrogen and oxygen atoms in total. The first kappa shape index (κ1) is 11.7. The fraction of sp³-hybridized carbons (Fsp3) is 0.455. The number of aromatic nitrogens is 1. The molecule has 0 fully saturated rings. The normalized spacial score (nSPS) is 12.4. The number of carboxylic acids is 1. The predicted molar refractivity (Wildman–Crippen MR) is 57.5 cm³/mol. The minimum absolute atomic E-state index is 0.482. The van der Waals surface area contributed by atoms with Gasteiger partial charge < -0.3 is 10.4 Å². The van der Waals surface area contributed by atoms with Crippen molar-refractivity contribution in [1.82, 2.24) is 10.3 Å². The van der Waals surface area contributed by atoms with Gasteiger partial charge >= 0.3 is 5.97 Å². The summed E-state index contributed by atoms with van der Waals surface area (Å²) in [5, 5.41) is 11.8. The van der Waals surface area contributed by atoms with E-state index < -0.39 is 12.0 Å². The van der Waals surface area contributed by atoms with Crippen LogP contribution in [-0.2, 0) is 11.3 Å². The van der Waals surface area contributed by atoms with Crippen LogP contribution < -0.4 is 5.32 Å². The molecule has 15 heavy (non-hydrogen) atoms. The Morgan fingerprint density at radius 2 is 2.40 bits per heavy atom. The first-order valence-corrected chi connectivity index (χ1v) is 5.00. The Hall–Kier alpha value is -1.42. The van der Waals surface area contributed by atoms with Gasteiger partial charge in [0.1, 0.15) is 6.04 Å². The van der Waals surface area contributed by atoms with Crippen molar-refractivity contribution in [2.24, 2.45) is 0 Å². The van der Waals surface area contributed by atoms with Crippen LogP contribution in [0.3, 0.4) is 0 Å². The highest BCUT2D eigenvalue weighted by Crippen LogP contribution is 2.05. The number of hydrogen-bond acceptors (Lipinski definition) is 3. The molecule has 4 heteroatoms. The van der Waals surface area contributed by atoms with E-state index in [1.54, 1.807) is 12.4 Å². The highest BCUT2D eigenvalue weighted by Gasteiger charge is 2.13. The Kier molecular flexibility index (Phi) is 4.24. The summed E-state index contributed by atoms with van der Waals surface area (Å²) in [5.74, 6) is -0.806. The summed E-state index contributed by atoms with van der Waals surface area (Å²) >= 11 is 0. The summed E-state index contributed by atoms with van der Waals surface area (Å²) in [6.07, 6.45) is 4.07. The van der Waals surface area contributed by atoms with E-state index in [0.717, 1.165) is 11.1 Å². The largest absolute Gasteiger partial charge is 0.480 e. The van der Waals surface area contributed by atoms with Crippen molar-refractivity contribution >= 4 is 5.97 Å². The van der Waals surface area contributed by atoms with Crippen molar-refractivity contribution in [3.8, 4) is 0 Å². The average Bonchev–Trinajstić information content (AvgIpc) is 2.21. The van der Waals surface area contributed by atoms with Crippen LogP contribution in [-0.4, -0.2) is 22.1 Å². The molecule has 0 saturated carbocycles. The molecule has 0 saturated heterocycles. The molecule has 1 heterocycles. The molecular weight excluding hydrogens is 192 g/mol. The van der Waals surface area contributed by atoms with Gasteiger partial charge in [-0.05, 0) is 30.5 Å². The fourth-order valence-electron chi connectivity index (χ4n) is 1.32. The first-order valence-electron chi connectivity index (χ1n) is 5.00. The lowest BCUT2D eigenvalue weighted by Crippen LogP contribution is -2.35. The molecule has 82 valence electrons. The van der Waals surface area contributed by atoms with E-state index in [2.05, 4.69) is 10.3 Å². The second-order valence-corrected chi connectivity index (χ2v) is 3.48. The minimum atomic E-state index is -0.806. The fourth-order valence-corrected chi connectivity index (χ4v) is 1.32. The maximum Gasteiger partial charge on any atom is 0.320 e. The second kappa shape index (κ2) is 5.46. The molecule has 0 aliphatic rings. The zero-order valence-electron chi connectivity index (χ0n) is 9.03. The molecule has 0 amide bonds. The molecule has 0 spiro atoms. The molecule has 1 rings (SSSR count). The lowest BCUT2D eigenvalue weighted by atomic mass is 10.1. The van der Waals surface area contributed by atoms with E-state index in [9.17, 15) is 4.79 Å². The lowest BCUT2D eigenvalue weighted by molar-refractivity contribution is -0.139. The SMILES string of the molecule is CCC(NCc1cnccc1C)C(=O)O. The van der Waals surface area contributed by atoms with Crippen molar-refractivity contribution in [1.29, 1.82) is 0 Å². The minimum Gasteiger partial charge on any atom is -0.480 e. The van der Waals surface area contributed by atoms with Crippen molar-refractivity contribution in [3.63, 3.8) is 0 Å². The van der Waals surface area contributed by atoms with Gasteiger partial charge in [0.15, 0.2) is 0 Å². The maximum absolute atomic E-state index is 10.8. The zero-order valence-corrected chi connectivity index (χ0v) is 9.03. The van der Waals surface area contributed by atoms with Crippen LogP contribution in [0.25, 0.3) is 0 Å². The molecule has 0 aliphatic heterocycles. The second-order valence-electron chi connectivity index (χ2n) is 3.48. The Morgan fingerprint density at radius 1 is 1.67 bits per heavy atom. The number of aliphatic carboxylic acids is 1. The summed E-state index contributed by atoms with van der Waals surface area (Å²) in [7, 11) is 0. The van der Waals surface area contributed by atoms with Crippen LogP contribution in [0.4, 0.5) is 0 Å². The zero-order chi connectivity index (χ0) is 11.3. The van der Waals surface area contributed by atoms with Gasteiger partial charge in [-0.25, -0.2) is 0 Å². The number of nitrogens with one attached hydrogen (secondary N) is 1. The van der Waals surface area contributed by atoms with Gasteiger partial charge in [-0.3, -0.25) is 9.78 Å². The number of nitrogens with zero attached hydrogens (tertiary/aromatic N) is 1. The topological polar surface area (TPSA) is 62.2 Å². The lowest BCUT2D eigenvalue weighted by Gasteiger charge is -2.12. The third-order valence-corrected chi connectivity index (χ3v) is 2.39. The summed E-state index contributed by atoms with van der Waals surface area (Å²) in [6.45, 7) is 4.38.